The highest BCUT2D eigenvalue weighted by Gasteiger charge is 2.08. The molecule has 6 nitrogen and oxygen atoms in total. The van der Waals surface area contributed by atoms with E-state index in [2.05, 4.69) is 20.6 Å². The molecular weight excluding hydrogens is 262 g/mol. The Hall–Kier alpha value is -2.28. The van der Waals surface area contributed by atoms with E-state index in [-0.39, 0.29) is 5.56 Å². The molecule has 0 unspecified atom stereocenters. The Balaban J connectivity index is 1.86. The fraction of sp³-hybridized carbons (Fsp3) is 0.167. The van der Waals surface area contributed by atoms with Crippen LogP contribution in [0.15, 0.2) is 35.1 Å². The van der Waals surface area contributed by atoms with Crippen LogP contribution in [0.5, 0.6) is 0 Å². The summed E-state index contributed by atoms with van der Waals surface area (Å²) in [4.78, 5) is 12.3. The number of anilines is 1. The van der Waals surface area contributed by atoms with Gasteiger partial charge in [0.25, 0.3) is 5.56 Å². The lowest BCUT2D eigenvalue weighted by atomic mass is 10.2. The fourth-order valence-corrected chi connectivity index (χ4v) is 2.37. The van der Waals surface area contributed by atoms with Crippen LogP contribution in [0, 0.1) is 6.92 Å². The Morgan fingerprint density at radius 3 is 2.84 bits per heavy atom. The lowest BCUT2D eigenvalue weighted by Gasteiger charge is -2.00. The highest BCUT2D eigenvalue weighted by molar-refractivity contribution is 7.20. The first-order valence-electron chi connectivity index (χ1n) is 5.75. The highest BCUT2D eigenvalue weighted by Crippen LogP contribution is 2.16. The zero-order valence-corrected chi connectivity index (χ0v) is 11.0. The molecule has 0 aliphatic rings. The van der Waals surface area contributed by atoms with Gasteiger partial charge in [-0.1, -0.05) is 41.7 Å². The molecule has 0 amide bonds. The van der Waals surface area contributed by atoms with Gasteiger partial charge in [0.1, 0.15) is 5.69 Å². The summed E-state index contributed by atoms with van der Waals surface area (Å²) in [6.07, 6.45) is 0. The molecule has 96 valence electrons. The van der Waals surface area contributed by atoms with E-state index < -0.39 is 0 Å². The average Bonchev–Trinajstić information content (AvgIpc) is 2.86. The summed E-state index contributed by atoms with van der Waals surface area (Å²) in [7, 11) is 0. The van der Waals surface area contributed by atoms with Crippen LogP contribution in [0.25, 0.3) is 4.96 Å². The minimum absolute atomic E-state index is 0.228. The largest absolute Gasteiger partial charge is 0.356 e. The third-order valence-corrected chi connectivity index (χ3v) is 3.49. The first-order valence-corrected chi connectivity index (χ1v) is 6.56. The molecular formula is C12H11N5OS. The SMILES string of the molecule is Cc1nnc2sc(NCc3ccccc3)nn2c1=O. The maximum absolute atomic E-state index is 11.8. The molecule has 0 aliphatic heterocycles. The molecule has 0 aliphatic carbocycles. The van der Waals surface area contributed by atoms with Gasteiger partial charge in [-0.15, -0.1) is 15.3 Å². The van der Waals surface area contributed by atoms with Crippen LogP contribution in [-0.4, -0.2) is 19.8 Å². The van der Waals surface area contributed by atoms with Gasteiger partial charge in [0.2, 0.25) is 10.1 Å². The van der Waals surface area contributed by atoms with E-state index in [0.717, 1.165) is 5.56 Å². The number of rotatable bonds is 3. The lowest BCUT2D eigenvalue weighted by molar-refractivity contribution is 0.826. The first-order chi connectivity index (χ1) is 9.24. The summed E-state index contributed by atoms with van der Waals surface area (Å²) < 4.78 is 1.28. The summed E-state index contributed by atoms with van der Waals surface area (Å²) in [5, 5.41) is 15.8. The molecule has 2 aromatic heterocycles. The number of nitrogens with zero attached hydrogens (tertiary/aromatic N) is 4. The Bertz CT molecular complexity index is 765. The van der Waals surface area contributed by atoms with Gasteiger partial charge < -0.3 is 5.32 Å². The van der Waals surface area contributed by atoms with E-state index in [1.165, 1.54) is 15.9 Å². The van der Waals surface area contributed by atoms with Gasteiger partial charge in [-0.2, -0.15) is 4.52 Å². The number of benzene rings is 1. The van der Waals surface area contributed by atoms with Gasteiger partial charge in [-0.05, 0) is 12.5 Å². The smallest absolute Gasteiger partial charge is 0.296 e. The Morgan fingerprint density at radius 2 is 2.05 bits per heavy atom. The van der Waals surface area contributed by atoms with Crippen molar-refractivity contribution < 1.29 is 0 Å². The Morgan fingerprint density at radius 1 is 1.26 bits per heavy atom. The third kappa shape index (κ3) is 2.32. The summed E-state index contributed by atoms with van der Waals surface area (Å²) in [5.74, 6) is 0. The minimum Gasteiger partial charge on any atom is -0.356 e. The van der Waals surface area contributed by atoms with Gasteiger partial charge in [0.15, 0.2) is 0 Å². The van der Waals surface area contributed by atoms with Crippen LogP contribution in [0.3, 0.4) is 0 Å². The normalized spacial score (nSPS) is 10.8. The predicted octanol–water partition coefficient (Wildman–Crippen LogP) is 1.47. The summed E-state index contributed by atoms with van der Waals surface area (Å²) in [5.41, 5.74) is 1.27. The van der Waals surface area contributed by atoms with Crippen molar-refractivity contribution in [2.75, 3.05) is 5.32 Å². The number of hydrogen-bond donors (Lipinski definition) is 1. The van der Waals surface area contributed by atoms with Crippen molar-refractivity contribution in [2.45, 2.75) is 13.5 Å². The maximum atomic E-state index is 11.8. The fourth-order valence-electron chi connectivity index (χ4n) is 1.64. The van der Waals surface area contributed by atoms with E-state index in [4.69, 9.17) is 0 Å². The van der Waals surface area contributed by atoms with Crippen molar-refractivity contribution in [3.8, 4) is 0 Å². The van der Waals surface area contributed by atoms with Crippen LogP contribution in [0.1, 0.15) is 11.3 Å². The van der Waals surface area contributed by atoms with Crippen LogP contribution < -0.4 is 10.9 Å². The van der Waals surface area contributed by atoms with E-state index in [1.54, 1.807) is 6.92 Å². The molecule has 2 heterocycles. The quantitative estimate of drug-likeness (QED) is 0.782. The highest BCUT2D eigenvalue weighted by atomic mass is 32.1. The number of aromatic nitrogens is 4. The summed E-state index contributed by atoms with van der Waals surface area (Å²) in [6, 6.07) is 9.98. The molecule has 7 heteroatoms. The van der Waals surface area contributed by atoms with Crippen molar-refractivity contribution in [1.29, 1.82) is 0 Å². The molecule has 0 radical (unpaired) electrons. The third-order valence-electron chi connectivity index (χ3n) is 2.63. The summed E-state index contributed by atoms with van der Waals surface area (Å²) in [6.45, 7) is 2.28. The monoisotopic (exact) mass is 273 g/mol. The Labute approximate surface area is 112 Å². The molecule has 0 bridgehead atoms. The predicted molar refractivity (Wildman–Crippen MR) is 73.4 cm³/mol. The second kappa shape index (κ2) is 4.77. The minimum atomic E-state index is -0.228. The number of aryl methyl sites for hydroxylation is 1. The number of hydrogen-bond acceptors (Lipinski definition) is 6. The summed E-state index contributed by atoms with van der Waals surface area (Å²) >= 11 is 1.31. The second-order valence-electron chi connectivity index (χ2n) is 4.03. The van der Waals surface area contributed by atoms with E-state index in [9.17, 15) is 4.79 Å². The van der Waals surface area contributed by atoms with Gasteiger partial charge in [0.05, 0.1) is 0 Å². The topological polar surface area (TPSA) is 72.2 Å². The number of fused-ring (bicyclic) bond motifs is 1. The molecule has 0 spiro atoms. The van der Waals surface area contributed by atoms with Crippen LogP contribution in [0.2, 0.25) is 0 Å². The van der Waals surface area contributed by atoms with E-state index in [1.807, 2.05) is 30.3 Å². The molecule has 3 rings (SSSR count). The Kier molecular flexibility index (Phi) is 2.96. The van der Waals surface area contributed by atoms with Crippen molar-refractivity contribution in [2.24, 2.45) is 0 Å². The molecule has 0 saturated heterocycles. The van der Waals surface area contributed by atoms with E-state index >= 15 is 0 Å². The molecule has 1 aromatic carbocycles. The molecule has 0 saturated carbocycles. The van der Waals surface area contributed by atoms with Crippen molar-refractivity contribution in [3.05, 3.63) is 51.9 Å². The van der Waals surface area contributed by atoms with Crippen molar-refractivity contribution in [1.82, 2.24) is 19.8 Å². The van der Waals surface area contributed by atoms with Crippen molar-refractivity contribution >= 4 is 21.4 Å². The first kappa shape index (κ1) is 11.8. The molecule has 0 fully saturated rings. The van der Waals surface area contributed by atoms with Crippen LogP contribution in [-0.2, 0) is 6.54 Å². The second-order valence-corrected chi connectivity index (χ2v) is 4.99. The van der Waals surface area contributed by atoms with Gasteiger partial charge in [-0.3, -0.25) is 4.79 Å². The lowest BCUT2D eigenvalue weighted by Crippen LogP contribution is -2.19. The van der Waals surface area contributed by atoms with E-state index in [0.29, 0.717) is 22.3 Å². The standard InChI is InChI=1S/C12H11N5OS/c1-8-10(18)17-12(15-14-8)19-11(16-17)13-7-9-5-3-2-4-6-9/h2-6H,7H2,1H3,(H,13,16). The number of nitrogens with one attached hydrogen (secondary N) is 1. The zero-order valence-electron chi connectivity index (χ0n) is 10.2. The van der Waals surface area contributed by atoms with Gasteiger partial charge in [-0.25, -0.2) is 0 Å². The van der Waals surface area contributed by atoms with Crippen LogP contribution in [0.4, 0.5) is 5.13 Å². The maximum Gasteiger partial charge on any atom is 0.296 e. The average molecular weight is 273 g/mol. The molecule has 3 aromatic rings. The zero-order chi connectivity index (χ0) is 13.2. The molecule has 0 atom stereocenters. The van der Waals surface area contributed by atoms with Crippen LogP contribution >= 0.6 is 11.3 Å². The van der Waals surface area contributed by atoms with Crippen molar-refractivity contribution in [3.63, 3.8) is 0 Å². The molecule has 1 N–H and O–H groups in total. The van der Waals surface area contributed by atoms with Gasteiger partial charge >= 0.3 is 0 Å². The van der Waals surface area contributed by atoms with Gasteiger partial charge in [0, 0.05) is 6.54 Å². The molecule has 19 heavy (non-hydrogen) atoms.